The topological polar surface area (TPSA) is 32.3 Å². The highest BCUT2D eigenvalue weighted by atomic mass is 16.3. The average molecular weight is 438 g/mol. The monoisotopic (exact) mass is 437 g/mol. The maximum atomic E-state index is 9.74. The van der Waals surface area contributed by atoms with Crippen LogP contribution in [0.2, 0.25) is 0 Å². The lowest BCUT2D eigenvalue weighted by molar-refractivity contribution is 0.150. The van der Waals surface area contributed by atoms with E-state index in [1.807, 2.05) is 6.07 Å². The van der Waals surface area contributed by atoms with Crippen molar-refractivity contribution in [3.63, 3.8) is 0 Å². The molecule has 0 saturated heterocycles. The summed E-state index contributed by atoms with van der Waals surface area (Å²) in [7, 11) is 0. The Kier molecular flexibility index (Phi) is 14.6. The lowest BCUT2D eigenvalue weighted by Gasteiger charge is -2.08. The van der Waals surface area contributed by atoms with Crippen LogP contribution in [0.25, 0.3) is 0 Å². The number of rotatable bonds is 19. The second-order valence-corrected chi connectivity index (χ2v) is 9.41. The minimum Gasteiger partial charge on any atom is -0.393 e. The highest BCUT2D eigenvalue weighted by Gasteiger charge is 2.02. The summed E-state index contributed by atoms with van der Waals surface area (Å²) in [6, 6.07) is 19.3. The molecule has 1 unspecified atom stereocenters. The fraction of sp³-hybridized carbons (Fsp3) is 0.600. The maximum Gasteiger partial charge on any atom is 0.0540 e. The van der Waals surface area contributed by atoms with E-state index in [9.17, 15) is 5.11 Å². The third-order valence-electron chi connectivity index (χ3n) is 6.39. The molecule has 0 radical (unpaired) electrons. The number of aliphatic hydroxyl groups is 1. The van der Waals surface area contributed by atoms with Crippen LogP contribution in [0.3, 0.4) is 0 Å². The molecule has 2 heteroatoms. The van der Waals surface area contributed by atoms with Gasteiger partial charge in [-0.3, -0.25) is 0 Å². The second kappa shape index (κ2) is 17.7. The van der Waals surface area contributed by atoms with Crippen LogP contribution in [-0.4, -0.2) is 11.2 Å². The van der Waals surface area contributed by atoms with Gasteiger partial charge in [-0.15, -0.1) is 0 Å². The summed E-state index contributed by atoms with van der Waals surface area (Å²) in [6.07, 6.45) is 20.5. The molecule has 0 spiro atoms. The van der Waals surface area contributed by atoms with Gasteiger partial charge in [-0.2, -0.15) is 0 Å². The minimum absolute atomic E-state index is 0.0530. The van der Waals surface area contributed by atoms with E-state index in [0.29, 0.717) is 0 Å². The quantitative estimate of drug-likeness (QED) is 0.215. The molecule has 178 valence electrons. The summed E-state index contributed by atoms with van der Waals surface area (Å²) in [5.74, 6) is 0. The number of benzene rings is 2. The highest BCUT2D eigenvalue weighted by Crippen LogP contribution is 2.18. The second-order valence-electron chi connectivity index (χ2n) is 9.41. The van der Waals surface area contributed by atoms with Gasteiger partial charge in [0.05, 0.1) is 6.10 Å². The lowest BCUT2D eigenvalue weighted by Crippen LogP contribution is -2.04. The van der Waals surface area contributed by atoms with Crippen LogP contribution < -0.4 is 5.32 Å². The number of hydrogen-bond donors (Lipinski definition) is 2. The summed E-state index contributed by atoms with van der Waals surface area (Å²) in [6.45, 7) is 2.15. The third kappa shape index (κ3) is 12.9. The Labute approximate surface area is 197 Å². The van der Waals surface area contributed by atoms with E-state index in [2.05, 4.69) is 60.8 Å². The van der Waals surface area contributed by atoms with Crippen molar-refractivity contribution in [2.45, 2.75) is 116 Å². The van der Waals surface area contributed by atoms with Crippen LogP contribution >= 0.6 is 0 Å². The molecule has 2 N–H and O–H groups in total. The Bertz CT molecular complexity index is 667. The van der Waals surface area contributed by atoms with Gasteiger partial charge in [0.25, 0.3) is 0 Å². The maximum absolute atomic E-state index is 9.74. The fourth-order valence-corrected chi connectivity index (χ4v) is 4.40. The standard InChI is InChI=1S/C30H47NO/c1-2-18-30(32)22-17-12-10-8-6-4-3-5-7-9-11-14-19-27-23-25-29(26-24-27)31-28-20-15-13-16-21-28/h13,15-16,20-21,23-26,30-32H,2-12,14,17-19,22H2,1H3. The van der Waals surface area contributed by atoms with Crippen molar-refractivity contribution < 1.29 is 5.11 Å². The fourth-order valence-electron chi connectivity index (χ4n) is 4.40. The highest BCUT2D eigenvalue weighted by molar-refractivity contribution is 5.59. The van der Waals surface area contributed by atoms with Crippen LogP contribution in [0.1, 0.15) is 109 Å². The Morgan fingerprint density at radius 1 is 0.594 bits per heavy atom. The molecule has 0 aliphatic carbocycles. The van der Waals surface area contributed by atoms with Gasteiger partial charge in [-0.25, -0.2) is 0 Å². The van der Waals surface area contributed by atoms with Crippen LogP contribution in [-0.2, 0) is 6.42 Å². The normalized spacial score (nSPS) is 12.1. The molecule has 0 bridgehead atoms. The van der Waals surface area contributed by atoms with E-state index in [1.54, 1.807) is 0 Å². The largest absolute Gasteiger partial charge is 0.393 e. The van der Waals surface area contributed by atoms with Gasteiger partial charge < -0.3 is 10.4 Å². The molecule has 2 nitrogen and oxygen atoms in total. The molecule has 2 aromatic rings. The lowest BCUT2D eigenvalue weighted by atomic mass is 10.0. The van der Waals surface area contributed by atoms with Crippen molar-refractivity contribution in [3.8, 4) is 0 Å². The van der Waals surface area contributed by atoms with Gasteiger partial charge in [-0.05, 0) is 55.5 Å². The van der Waals surface area contributed by atoms with Crippen LogP contribution in [0.4, 0.5) is 11.4 Å². The van der Waals surface area contributed by atoms with Crippen molar-refractivity contribution in [1.82, 2.24) is 0 Å². The molecule has 1 atom stereocenters. The summed E-state index contributed by atoms with van der Waals surface area (Å²) in [5.41, 5.74) is 3.74. The Morgan fingerprint density at radius 2 is 1.09 bits per heavy atom. The van der Waals surface area contributed by atoms with Gasteiger partial charge in [-0.1, -0.05) is 114 Å². The molecular weight excluding hydrogens is 390 g/mol. The third-order valence-corrected chi connectivity index (χ3v) is 6.39. The Balaban J connectivity index is 1.36. The number of hydrogen-bond acceptors (Lipinski definition) is 2. The predicted molar refractivity (Wildman–Crippen MR) is 141 cm³/mol. The van der Waals surface area contributed by atoms with Crippen LogP contribution in [0.5, 0.6) is 0 Å². The van der Waals surface area contributed by atoms with Gasteiger partial charge in [0.2, 0.25) is 0 Å². The van der Waals surface area contributed by atoms with Crippen molar-refractivity contribution in [3.05, 3.63) is 60.2 Å². The van der Waals surface area contributed by atoms with Gasteiger partial charge in [0.15, 0.2) is 0 Å². The zero-order valence-corrected chi connectivity index (χ0v) is 20.5. The summed E-state index contributed by atoms with van der Waals surface area (Å²) in [4.78, 5) is 0. The number of aryl methyl sites for hydroxylation is 1. The molecule has 0 aliphatic heterocycles. The van der Waals surface area contributed by atoms with Crippen LogP contribution in [0.15, 0.2) is 54.6 Å². The Morgan fingerprint density at radius 3 is 1.66 bits per heavy atom. The van der Waals surface area contributed by atoms with Gasteiger partial charge in [0, 0.05) is 11.4 Å². The Hall–Kier alpha value is -1.80. The van der Waals surface area contributed by atoms with E-state index in [0.717, 1.165) is 30.6 Å². The van der Waals surface area contributed by atoms with E-state index >= 15 is 0 Å². The molecule has 0 saturated carbocycles. The first-order valence-electron chi connectivity index (χ1n) is 13.4. The van der Waals surface area contributed by atoms with E-state index in [1.165, 1.54) is 89.0 Å². The van der Waals surface area contributed by atoms with Crippen molar-refractivity contribution in [2.24, 2.45) is 0 Å². The zero-order valence-electron chi connectivity index (χ0n) is 20.5. The molecule has 2 aromatic carbocycles. The van der Waals surface area contributed by atoms with Crippen molar-refractivity contribution in [1.29, 1.82) is 0 Å². The molecule has 2 rings (SSSR count). The number of para-hydroxylation sites is 1. The minimum atomic E-state index is -0.0530. The summed E-state index contributed by atoms with van der Waals surface area (Å²) in [5, 5.41) is 13.2. The van der Waals surface area contributed by atoms with E-state index < -0.39 is 0 Å². The number of nitrogens with one attached hydrogen (secondary N) is 1. The molecular formula is C30H47NO. The molecule has 0 fully saturated rings. The number of unbranched alkanes of at least 4 members (excludes halogenated alkanes) is 11. The molecule has 0 amide bonds. The molecule has 0 aromatic heterocycles. The van der Waals surface area contributed by atoms with Crippen molar-refractivity contribution in [2.75, 3.05) is 5.32 Å². The van der Waals surface area contributed by atoms with Crippen LogP contribution in [0, 0.1) is 0 Å². The summed E-state index contributed by atoms with van der Waals surface area (Å²) >= 11 is 0. The molecule has 0 heterocycles. The summed E-state index contributed by atoms with van der Waals surface area (Å²) < 4.78 is 0. The first-order valence-corrected chi connectivity index (χ1v) is 13.4. The van der Waals surface area contributed by atoms with E-state index in [-0.39, 0.29) is 6.10 Å². The SMILES string of the molecule is CCCC(O)CCCCCCCCCCCCCCc1ccc(Nc2ccccc2)cc1. The molecule has 32 heavy (non-hydrogen) atoms. The zero-order chi connectivity index (χ0) is 22.7. The molecule has 0 aliphatic rings. The van der Waals surface area contributed by atoms with Gasteiger partial charge in [0.1, 0.15) is 0 Å². The number of aliphatic hydroxyl groups excluding tert-OH is 1. The average Bonchev–Trinajstić information content (AvgIpc) is 2.81. The smallest absolute Gasteiger partial charge is 0.0540 e. The first-order chi connectivity index (χ1) is 15.8. The number of anilines is 2. The first kappa shape index (κ1) is 26.5. The predicted octanol–water partition coefficient (Wildman–Crippen LogP) is 9.21. The van der Waals surface area contributed by atoms with E-state index in [4.69, 9.17) is 0 Å². The van der Waals surface area contributed by atoms with Gasteiger partial charge >= 0.3 is 0 Å². The van der Waals surface area contributed by atoms with Crippen molar-refractivity contribution >= 4 is 11.4 Å².